The van der Waals surface area contributed by atoms with Crippen molar-refractivity contribution in [2.75, 3.05) is 0 Å². The molecule has 0 saturated heterocycles. The molecule has 0 unspecified atom stereocenters. The van der Waals surface area contributed by atoms with Crippen LogP contribution in [0.1, 0.15) is 13.8 Å². The fraction of sp³-hybridized carbons (Fsp3) is 0.125. The topological polar surface area (TPSA) is 170 Å². The number of aliphatic carboxylic acids is 1. The summed E-state index contributed by atoms with van der Waals surface area (Å²) in [6.45, 7) is 7.00. The summed E-state index contributed by atoms with van der Waals surface area (Å²) in [4.78, 5) is 38.5. The molecule has 0 aromatic carbocycles. The number of allylic oxidation sites excluding steroid dienone is 7. The van der Waals surface area contributed by atoms with Crippen molar-refractivity contribution in [2.24, 2.45) is 0 Å². The third kappa shape index (κ3) is 41.7. The fourth-order valence-electron chi connectivity index (χ4n) is 0.370. The number of carbonyl (C=O) groups is 4. The molecular formula is C16H20Cl5NaO8. The van der Waals surface area contributed by atoms with E-state index >= 15 is 0 Å². The molecule has 8 nitrogen and oxygen atoms in total. The average Bonchev–Trinajstić information content (AvgIpc) is 2.71. The summed E-state index contributed by atoms with van der Waals surface area (Å²) < 4.78 is 0. The normalized spacial score (nSPS) is 10.4. The minimum Gasteiger partial charge on any atom is -0.870 e. The summed E-state index contributed by atoms with van der Waals surface area (Å²) in [6.07, 6.45) is 6.57. The van der Waals surface area contributed by atoms with E-state index in [2.05, 4.69) is 6.58 Å². The summed E-state index contributed by atoms with van der Waals surface area (Å²) in [7, 11) is 0. The van der Waals surface area contributed by atoms with E-state index in [1.54, 1.807) is 19.1 Å². The smallest absolute Gasteiger partial charge is 0.870 e. The minimum absolute atomic E-state index is 0. The molecule has 0 saturated carbocycles. The average molecular weight is 541 g/mol. The van der Waals surface area contributed by atoms with Crippen LogP contribution in [0.5, 0.6) is 0 Å². The van der Waals surface area contributed by atoms with Gasteiger partial charge in [-0.05, 0) is 13.8 Å². The van der Waals surface area contributed by atoms with Gasteiger partial charge in [-0.15, -0.1) is 0 Å². The van der Waals surface area contributed by atoms with Gasteiger partial charge in [0.05, 0.1) is 5.03 Å². The Morgan fingerprint density at radius 1 is 0.833 bits per heavy atom. The first kappa shape index (κ1) is 47.2. The molecule has 5 N–H and O–H groups in total. The van der Waals surface area contributed by atoms with Crippen LogP contribution in [0.25, 0.3) is 0 Å². The summed E-state index contributed by atoms with van der Waals surface area (Å²) in [5, 5.41) is 15.5. The fourth-order valence-corrected chi connectivity index (χ4v) is 0.496. The Hall–Kier alpha value is -0.650. The van der Waals surface area contributed by atoms with E-state index in [4.69, 9.17) is 68.2 Å². The Kier molecular flexibility index (Phi) is 56.3. The second kappa shape index (κ2) is 35.8. The number of carbonyl (C=O) groups excluding carboxylic acids is 3. The van der Waals surface area contributed by atoms with Gasteiger partial charge in [-0.3, -0.25) is 14.4 Å². The van der Waals surface area contributed by atoms with E-state index in [1.165, 1.54) is 6.08 Å². The van der Waals surface area contributed by atoms with Crippen LogP contribution in [-0.2, 0) is 19.2 Å². The van der Waals surface area contributed by atoms with Crippen molar-refractivity contribution in [1.82, 2.24) is 0 Å². The van der Waals surface area contributed by atoms with Crippen molar-refractivity contribution in [3.63, 3.8) is 0 Å². The van der Waals surface area contributed by atoms with E-state index in [9.17, 15) is 19.2 Å². The van der Waals surface area contributed by atoms with Gasteiger partial charge in [-0.25, -0.2) is 4.79 Å². The molecular weight excluding hydrogens is 520 g/mol. The molecule has 30 heavy (non-hydrogen) atoms. The molecule has 0 amide bonds. The van der Waals surface area contributed by atoms with E-state index in [-0.39, 0.29) is 56.9 Å². The zero-order valence-corrected chi connectivity index (χ0v) is 21.9. The number of aldehydes is 3. The third-order valence-electron chi connectivity index (χ3n) is 1.60. The van der Waals surface area contributed by atoms with E-state index in [0.717, 1.165) is 0 Å². The van der Waals surface area contributed by atoms with Crippen molar-refractivity contribution < 1.29 is 69.9 Å². The molecule has 168 valence electrons. The van der Waals surface area contributed by atoms with E-state index in [1.807, 2.05) is 6.92 Å². The van der Waals surface area contributed by atoms with Gasteiger partial charge in [0.1, 0.15) is 21.4 Å². The molecule has 0 aliphatic rings. The van der Waals surface area contributed by atoms with Crippen LogP contribution in [0.3, 0.4) is 0 Å². The molecule has 0 radical (unpaired) electrons. The van der Waals surface area contributed by atoms with Crippen molar-refractivity contribution >= 4 is 82.8 Å². The number of halogens is 5. The van der Waals surface area contributed by atoms with Crippen molar-refractivity contribution in [3.05, 3.63) is 56.2 Å². The Bertz CT molecular complexity index is 564. The van der Waals surface area contributed by atoms with Crippen LogP contribution in [0.4, 0.5) is 0 Å². The predicted molar refractivity (Wildman–Crippen MR) is 116 cm³/mol. The summed E-state index contributed by atoms with van der Waals surface area (Å²) in [5.74, 6) is -1.41. The number of carboxylic acid groups (broad SMARTS) is 1. The van der Waals surface area contributed by atoms with Crippen LogP contribution < -0.4 is 29.6 Å². The molecule has 0 aliphatic carbocycles. The predicted octanol–water partition coefficient (Wildman–Crippen LogP) is 1.43. The van der Waals surface area contributed by atoms with Crippen LogP contribution in [0, 0.1) is 0 Å². The SMILES string of the molecule is C/C=C(\Cl)C=O.C=C/C(Cl)=C/C.O.O=C/C(Cl)=C(/Cl)C(=O)O.O=C/C(Cl)=C\O.[Na+].[OH-]. The van der Waals surface area contributed by atoms with Crippen molar-refractivity contribution in [3.8, 4) is 0 Å². The van der Waals surface area contributed by atoms with Gasteiger partial charge in [0, 0.05) is 5.03 Å². The van der Waals surface area contributed by atoms with Gasteiger partial charge >= 0.3 is 35.5 Å². The number of rotatable bonds is 5. The standard InChI is InChI=1S/C5H7Cl.C4H2Cl2O3.C4H5ClO.C3H3ClO2.Na.2H2O/c1-3-5(6)4-2;5-2(1-7)3(6)4(8)9;1-2-4(5)3-6;4-3(1-5)2-6;;;/h3-4H,1H2,2H3;1H,(H,8,9);2-3H,1H3;1-2,5H;;2*1H2/q;;;;+1;;/p-1/b5-4-;3-2-;4-2-;3-1+;;;. The molecule has 0 aliphatic heterocycles. The van der Waals surface area contributed by atoms with E-state index < -0.39 is 16.0 Å². The largest absolute Gasteiger partial charge is 1.00 e. The van der Waals surface area contributed by atoms with Crippen LogP contribution in [0.15, 0.2) is 56.2 Å². The molecule has 0 rings (SSSR count). The maximum atomic E-state index is 9.87. The molecule has 0 bridgehead atoms. The Morgan fingerprint density at radius 3 is 1.23 bits per heavy atom. The third-order valence-corrected chi connectivity index (χ3v) is 3.20. The van der Waals surface area contributed by atoms with Gasteiger partial charge in [-0.1, -0.05) is 82.8 Å². The number of aliphatic hydroxyl groups excluding tert-OH is 1. The van der Waals surface area contributed by atoms with Gasteiger partial charge < -0.3 is 21.2 Å². The zero-order valence-electron chi connectivity index (χ0n) is 16.1. The quantitative estimate of drug-likeness (QED) is 0.175. The summed E-state index contributed by atoms with van der Waals surface area (Å²) in [5.41, 5.74) is 0. The van der Waals surface area contributed by atoms with Crippen LogP contribution in [0.2, 0.25) is 0 Å². The first-order valence-corrected chi connectivity index (χ1v) is 8.31. The molecule has 14 heteroatoms. The molecule has 0 aromatic heterocycles. The maximum Gasteiger partial charge on any atom is 1.00 e. The van der Waals surface area contributed by atoms with Crippen molar-refractivity contribution in [2.45, 2.75) is 13.8 Å². The molecule has 0 heterocycles. The number of carboxylic acids is 1. The van der Waals surface area contributed by atoms with Crippen LogP contribution >= 0.6 is 58.0 Å². The molecule has 0 spiro atoms. The molecule has 0 fully saturated rings. The Morgan fingerprint density at radius 2 is 1.20 bits per heavy atom. The number of hydrogen-bond donors (Lipinski definition) is 2. The van der Waals surface area contributed by atoms with Crippen LogP contribution in [-0.4, -0.2) is 46.0 Å². The van der Waals surface area contributed by atoms with Gasteiger partial charge in [0.15, 0.2) is 18.9 Å². The first-order chi connectivity index (χ1) is 12.5. The number of aliphatic hydroxyl groups is 1. The number of hydrogen-bond acceptors (Lipinski definition) is 6. The molecule has 0 atom stereocenters. The van der Waals surface area contributed by atoms with Crippen molar-refractivity contribution in [1.29, 1.82) is 0 Å². The minimum atomic E-state index is -1.41. The maximum absolute atomic E-state index is 9.87. The second-order valence-corrected chi connectivity index (χ2v) is 5.48. The van der Waals surface area contributed by atoms with Gasteiger partial charge in [0.25, 0.3) is 0 Å². The second-order valence-electron chi connectivity index (χ2n) is 3.39. The summed E-state index contributed by atoms with van der Waals surface area (Å²) >= 11 is 25.4. The zero-order chi connectivity index (χ0) is 22.4. The van der Waals surface area contributed by atoms with Gasteiger partial charge in [-0.2, -0.15) is 0 Å². The first-order valence-electron chi connectivity index (χ1n) is 6.42. The molecule has 0 aromatic rings. The Balaban J connectivity index is -0.0000000463. The van der Waals surface area contributed by atoms with Gasteiger partial charge in [0.2, 0.25) is 0 Å². The Labute approximate surface area is 221 Å². The monoisotopic (exact) mass is 538 g/mol. The summed E-state index contributed by atoms with van der Waals surface area (Å²) in [6, 6.07) is 0. The van der Waals surface area contributed by atoms with E-state index in [0.29, 0.717) is 23.9 Å².